The molecule has 0 unspecified atom stereocenters. The zero-order valence-electron chi connectivity index (χ0n) is 14.5. The first-order chi connectivity index (χ1) is 11.7. The van der Waals surface area contributed by atoms with E-state index >= 15 is 0 Å². The minimum Gasteiger partial charge on any atom is -0.387 e. The van der Waals surface area contributed by atoms with Crippen molar-refractivity contribution < 1.29 is 5.11 Å². The highest BCUT2D eigenvalue weighted by Crippen LogP contribution is 2.16. The molecule has 128 valence electrons. The molecule has 0 bridgehead atoms. The van der Waals surface area contributed by atoms with Crippen molar-refractivity contribution in [3.8, 4) is 0 Å². The predicted molar refractivity (Wildman–Crippen MR) is 98.9 cm³/mol. The molecule has 0 aliphatic carbocycles. The lowest BCUT2D eigenvalue weighted by atomic mass is 10.0. The Bertz CT molecular complexity index is 603. The summed E-state index contributed by atoms with van der Waals surface area (Å²) in [7, 11) is 0. The molecule has 3 nitrogen and oxygen atoms in total. The molecule has 2 N–H and O–H groups in total. The van der Waals surface area contributed by atoms with E-state index in [9.17, 15) is 5.11 Å². The summed E-state index contributed by atoms with van der Waals surface area (Å²) in [5, 5.41) is 13.9. The van der Waals surface area contributed by atoms with Gasteiger partial charge < -0.3 is 10.4 Å². The average molecular weight is 324 g/mol. The van der Waals surface area contributed by atoms with Crippen LogP contribution in [0.5, 0.6) is 0 Å². The number of aliphatic hydroxyl groups is 1. The number of rotatable bonds is 6. The van der Waals surface area contributed by atoms with Crippen molar-refractivity contribution in [3.05, 3.63) is 71.3 Å². The first-order valence-corrected chi connectivity index (χ1v) is 8.95. The van der Waals surface area contributed by atoms with Crippen LogP contribution in [0.3, 0.4) is 0 Å². The molecule has 0 aromatic heterocycles. The van der Waals surface area contributed by atoms with Crippen LogP contribution < -0.4 is 5.32 Å². The predicted octanol–water partition coefficient (Wildman–Crippen LogP) is 3.28. The average Bonchev–Trinajstić information content (AvgIpc) is 2.62. The maximum Gasteiger partial charge on any atom is 0.0914 e. The van der Waals surface area contributed by atoms with E-state index in [1.165, 1.54) is 11.1 Å². The van der Waals surface area contributed by atoms with Crippen molar-refractivity contribution in [2.45, 2.75) is 38.5 Å². The Kier molecular flexibility index (Phi) is 6.02. The van der Waals surface area contributed by atoms with Crippen molar-refractivity contribution in [2.24, 2.45) is 0 Å². The topological polar surface area (TPSA) is 35.5 Å². The van der Waals surface area contributed by atoms with Gasteiger partial charge in [0.05, 0.1) is 6.10 Å². The van der Waals surface area contributed by atoms with Gasteiger partial charge in [0.25, 0.3) is 0 Å². The Balaban J connectivity index is 1.40. The number of nitrogens with one attached hydrogen (secondary N) is 1. The second-order valence-corrected chi connectivity index (χ2v) is 6.87. The molecule has 1 aliphatic rings. The lowest BCUT2D eigenvalue weighted by Gasteiger charge is -2.33. The molecule has 3 rings (SSSR count). The van der Waals surface area contributed by atoms with Gasteiger partial charge in [-0.15, -0.1) is 0 Å². The molecule has 0 amide bonds. The van der Waals surface area contributed by atoms with Gasteiger partial charge in [-0.3, -0.25) is 4.90 Å². The number of aliphatic hydroxyl groups excluding tert-OH is 1. The maximum absolute atomic E-state index is 10.3. The number of hydrogen-bond acceptors (Lipinski definition) is 3. The van der Waals surface area contributed by atoms with Gasteiger partial charge in [-0.1, -0.05) is 60.2 Å². The molecule has 1 aliphatic heterocycles. The third-order valence-corrected chi connectivity index (χ3v) is 4.90. The molecule has 0 spiro atoms. The lowest BCUT2D eigenvalue weighted by molar-refractivity contribution is 0.149. The van der Waals surface area contributed by atoms with Crippen LogP contribution in [0, 0.1) is 6.92 Å². The Morgan fingerprint density at radius 3 is 2.38 bits per heavy atom. The first-order valence-electron chi connectivity index (χ1n) is 8.95. The molecule has 0 radical (unpaired) electrons. The monoisotopic (exact) mass is 324 g/mol. The minimum absolute atomic E-state index is 0.423. The van der Waals surface area contributed by atoms with E-state index in [4.69, 9.17) is 0 Å². The normalized spacial score (nSPS) is 17.8. The summed E-state index contributed by atoms with van der Waals surface area (Å²) in [5.74, 6) is 0. The van der Waals surface area contributed by atoms with Crippen LogP contribution in [0.15, 0.2) is 54.6 Å². The van der Waals surface area contributed by atoms with Crippen LogP contribution in [0.25, 0.3) is 0 Å². The van der Waals surface area contributed by atoms with Crippen molar-refractivity contribution in [1.29, 1.82) is 0 Å². The highest BCUT2D eigenvalue weighted by molar-refractivity contribution is 5.23. The molecule has 1 saturated heterocycles. The van der Waals surface area contributed by atoms with Gasteiger partial charge in [-0.05, 0) is 44.0 Å². The van der Waals surface area contributed by atoms with Crippen molar-refractivity contribution in [1.82, 2.24) is 10.2 Å². The molecule has 3 heteroatoms. The van der Waals surface area contributed by atoms with Crippen molar-refractivity contribution in [3.63, 3.8) is 0 Å². The zero-order valence-corrected chi connectivity index (χ0v) is 14.5. The van der Waals surface area contributed by atoms with Crippen LogP contribution >= 0.6 is 0 Å². The standard InChI is InChI=1S/C21H28N2O/c1-17-7-9-19(10-8-17)21(24)15-22-20-11-13-23(14-12-20)16-18-5-3-2-4-6-18/h2-10,20-22,24H,11-16H2,1H3/t21-/m0/s1. The van der Waals surface area contributed by atoms with Crippen LogP contribution in [-0.4, -0.2) is 35.7 Å². The van der Waals surface area contributed by atoms with Gasteiger partial charge in [-0.2, -0.15) is 0 Å². The summed E-state index contributed by atoms with van der Waals surface area (Å²) in [4.78, 5) is 2.52. The third kappa shape index (κ3) is 4.91. The number of nitrogens with zero attached hydrogens (tertiary/aromatic N) is 1. The molecular formula is C21H28N2O. The molecule has 1 heterocycles. The molecule has 2 aromatic rings. The van der Waals surface area contributed by atoms with Gasteiger partial charge >= 0.3 is 0 Å². The van der Waals surface area contributed by atoms with Gasteiger partial charge in [0.2, 0.25) is 0 Å². The fourth-order valence-electron chi connectivity index (χ4n) is 3.32. The van der Waals surface area contributed by atoms with E-state index in [1.54, 1.807) is 0 Å². The minimum atomic E-state index is -0.423. The molecule has 0 saturated carbocycles. The second-order valence-electron chi connectivity index (χ2n) is 6.87. The van der Waals surface area contributed by atoms with Crippen LogP contribution in [0.4, 0.5) is 0 Å². The van der Waals surface area contributed by atoms with Crippen molar-refractivity contribution in [2.75, 3.05) is 19.6 Å². The Labute approximate surface area is 145 Å². The number of hydrogen-bond donors (Lipinski definition) is 2. The Morgan fingerprint density at radius 2 is 1.71 bits per heavy atom. The number of piperidine rings is 1. The first kappa shape index (κ1) is 17.2. The molecule has 24 heavy (non-hydrogen) atoms. The van der Waals surface area contributed by atoms with Crippen LogP contribution in [-0.2, 0) is 6.54 Å². The number of benzene rings is 2. The van der Waals surface area contributed by atoms with E-state index in [0.29, 0.717) is 12.6 Å². The molecule has 1 atom stereocenters. The summed E-state index contributed by atoms with van der Waals surface area (Å²) in [6.45, 7) is 5.98. The third-order valence-electron chi connectivity index (χ3n) is 4.90. The van der Waals surface area contributed by atoms with Gasteiger partial charge in [-0.25, -0.2) is 0 Å². The van der Waals surface area contributed by atoms with E-state index in [-0.39, 0.29) is 0 Å². The smallest absolute Gasteiger partial charge is 0.0914 e. The quantitative estimate of drug-likeness (QED) is 0.856. The highest BCUT2D eigenvalue weighted by atomic mass is 16.3. The summed E-state index contributed by atoms with van der Waals surface area (Å²) in [6, 6.07) is 19.3. The zero-order chi connectivity index (χ0) is 16.8. The van der Waals surface area contributed by atoms with Crippen molar-refractivity contribution >= 4 is 0 Å². The van der Waals surface area contributed by atoms with E-state index in [2.05, 4.69) is 59.6 Å². The van der Waals surface area contributed by atoms with E-state index in [0.717, 1.165) is 38.0 Å². The Morgan fingerprint density at radius 1 is 1.04 bits per heavy atom. The van der Waals surface area contributed by atoms with E-state index < -0.39 is 6.10 Å². The number of likely N-dealkylation sites (tertiary alicyclic amines) is 1. The summed E-state index contributed by atoms with van der Waals surface area (Å²) >= 11 is 0. The highest BCUT2D eigenvalue weighted by Gasteiger charge is 2.19. The maximum atomic E-state index is 10.3. The molecule has 1 fully saturated rings. The SMILES string of the molecule is Cc1ccc([C@@H](O)CNC2CCN(Cc3ccccc3)CC2)cc1. The molecule has 2 aromatic carbocycles. The van der Waals surface area contributed by atoms with E-state index in [1.807, 2.05) is 12.1 Å². The van der Waals surface area contributed by atoms with Gasteiger partial charge in [0.1, 0.15) is 0 Å². The molecular weight excluding hydrogens is 296 g/mol. The number of aryl methyl sites for hydroxylation is 1. The van der Waals surface area contributed by atoms with Gasteiger partial charge in [0.15, 0.2) is 0 Å². The largest absolute Gasteiger partial charge is 0.387 e. The Hall–Kier alpha value is -1.68. The second kappa shape index (κ2) is 8.43. The summed E-state index contributed by atoms with van der Waals surface area (Å²) < 4.78 is 0. The lowest BCUT2D eigenvalue weighted by Crippen LogP contribution is -2.43. The van der Waals surface area contributed by atoms with Crippen LogP contribution in [0.2, 0.25) is 0 Å². The summed E-state index contributed by atoms with van der Waals surface area (Å²) in [6.07, 6.45) is 1.87. The fourth-order valence-corrected chi connectivity index (χ4v) is 3.32. The van der Waals surface area contributed by atoms with Gasteiger partial charge in [0, 0.05) is 19.1 Å². The van der Waals surface area contributed by atoms with Crippen LogP contribution in [0.1, 0.15) is 35.6 Å². The fraction of sp³-hybridized carbons (Fsp3) is 0.429. The summed E-state index contributed by atoms with van der Waals surface area (Å²) in [5.41, 5.74) is 3.61.